The number of hydrogen-bond acceptors (Lipinski definition) is 2. The smallest absolute Gasteiger partial charge is 0.321 e. The van der Waals surface area contributed by atoms with Crippen molar-refractivity contribution in [2.75, 3.05) is 13.1 Å². The number of likely N-dealkylation sites (tertiary alicyclic amines) is 1. The molecule has 0 bridgehead atoms. The summed E-state index contributed by atoms with van der Waals surface area (Å²) in [5.41, 5.74) is 0. The molecule has 0 radical (unpaired) electrons. The van der Waals surface area contributed by atoms with Crippen LogP contribution in [0.4, 0.5) is 0 Å². The van der Waals surface area contributed by atoms with E-state index in [9.17, 15) is 9.90 Å². The van der Waals surface area contributed by atoms with E-state index in [4.69, 9.17) is 0 Å². The fourth-order valence-corrected chi connectivity index (χ4v) is 3.16. The van der Waals surface area contributed by atoms with Gasteiger partial charge in [-0.1, -0.05) is 13.8 Å². The molecule has 1 saturated carbocycles. The molecular formula is C14H25NO2. The quantitative estimate of drug-likeness (QED) is 0.820. The van der Waals surface area contributed by atoms with Gasteiger partial charge in [-0.3, -0.25) is 9.69 Å². The van der Waals surface area contributed by atoms with E-state index in [-0.39, 0.29) is 6.04 Å². The molecule has 1 N–H and O–H groups in total. The van der Waals surface area contributed by atoms with Crippen molar-refractivity contribution in [1.29, 1.82) is 0 Å². The fourth-order valence-electron chi connectivity index (χ4n) is 3.16. The maximum atomic E-state index is 11.4. The highest BCUT2D eigenvalue weighted by Crippen LogP contribution is 2.37. The highest BCUT2D eigenvalue weighted by molar-refractivity contribution is 5.74. The van der Waals surface area contributed by atoms with Gasteiger partial charge in [-0.25, -0.2) is 0 Å². The van der Waals surface area contributed by atoms with Gasteiger partial charge in [-0.15, -0.1) is 0 Å². The van der Waals surface area contributed by atoms with E-state index in [1.54, 1.807) is 0 Å². The van der Waals surface area contributed by atoms with Crippen molar-refractivity contribution in [1.82, 2.24) is 4.90 Å². The van der Waals surface area contributed by atoms with Crippen LogP contribution in [0.5, 0.6) is 0 Å². The van der Waals surface area contributed by atoms with Gasteiger partial charge >= 0.3 is 5.97 Å². The number of aliphatic carboxylic acids is 1. The minimum absolute atomic E-state index is 0.194. The summed E-state index contributed by atoms with van der Waals surface area (Å²) in [6.45, 7) is 6.54. The molecule has 0 aromatic rings. The largest absolute Gasteiger partial charge is 0.480 e. The number of carboxylic acids is 1. The van der Waals surface area contributed by atoms with Crippen molar-refractivity contribution in [2.45, 2.75) is 52.0 Å². The molecule has 98 valence electrons. The molecule has 3 heteroatoms. The van der Waals surface area contributed by atoms with Crippen molar-refractivity contribution in [2.24, 2.45) is 17.8 Å². The van der Waals surface area contributed by atoms with Gasteiger partial charge in [-0.05, 0) is 62.9 Å². The minimum Gasteiger partial charge on any atom is -0.480 e. The van der Waals surface area contributed by atoms with Gasteiger partial charge in [0.05, 0.1) is 0 Å². The molecule has 1 aliphatic heterocycles. The van der Waals surface area contributed by atoms with Crippen LogP contribution in [0.3, 0.4) is 0 Å². The highest BCUT2D eigenvalue weighted by atomic mass is 16.4. The second kappa shape index (κ2) is 5.38. The van der Waals surface area contributed by atoms with E-state index in [2.05, 4.69) is 18.7 Å². The molecule has 17 heavy (non-hydrogen) atoms. The monoisotopic (exact) mass is 239 g/mol. The number of carbonyl (C=O) groups is 1. The maximum absolute atomic E-state index is 11.4. The second-order valence-corrected chi connectivity index (χ2v) is 6.09. The summed E-state index contributed by atoms with van der Waals surface area (Å²) in [4.78, 5) is 13.6. The lowest BCUT2D eigenvalue weighted by atomic mass is 9.89. The first kappa shape index (κ1) is 12.9. The summed E-state index contributed by atoms with van der Waals surface area (Å²) in [6.07, 6.45) is 5.83. The predicted molar refractivity (Wildman–Crippen MR) is 67.9 cm³/mol. The van der Waals surface area contributed by atoms with E-state index in [0.717, 1.165) is 37.8 Å². The van der Waals surface area contributed by atoms with Crippen molar-refractivity contribution in [3.63, 3.8) is 0 Å². The molecular weight excluding hydrogens is 214 g/mol. The minimum atomic E-state index is -0.601. The number of nitrogens with zero attached hydrogens (tertiary/aromatic N) is 1. The second-order valence-electron chi connectivity index (χ2n) is 6.09. The van der Waals surface area contributed by atoms with Crippen LogP contribution in [0.1, 0.15) is 46.0 Å². The third-order valence-corrected chi connectivity index (χ3v) is 4.47. The molecule has 1 saturated heterocycles. The molecule has 2 fully saturated rings. The summed E-state index contributed by atoms with van der Waals surface area (Å²) in [5, 5.41) is 9.36. The van der Waals surface area contributed by atoms with E-state index >= 15 is 0 Å². The van der Waals surface area contributed by atoms with Crippen molar-refractivity contribution < 1.29 is 9.90 Å². The Bertz CT molecular complexity index is 273. The number of hydrogen-bond donors (Lipinski definition) is 1. The Hall–Kier alpha value is -0.570. The van der Waals surface area contributed by atoms with E-state index in [0.29, 0.717) is 5.92 Å². The molecule has 0 aromatic carbocycles. The Morgan fingerprint density at radius 3 is 2.35 bits per heavy atom. The van der Waals surface area contributed by atoms with Gasteiger partial charge in [0.2, 0.25) is 0 Å². The zero-order valence-corrected chi connectivity index (χ0v) is 11.1. The Balaban J connectivity index is 1.94. The summed E-state index contributed by atoms with van der Waals surface area (Å²) in [7, 11) is 0. The average molecular weight is 239 g/mol. The van der Waals surface area contributed by atoms with Crippen LogP contribution in [0.2, 0.25) is 0 Å². The molecule has 2 unspecified atom stereocenters. The SMILES string of the molecule is CC(C)C1CCCN(C(C(=O)O)C2CC2)CC1. The summed E-state index contributed by atoms with van der Waals surface area (Å²) >= 11 is 0. The van der Waals surface area contributed by atoms with Crippen LogP contribution in [0.15, 0.2) is 0 Å². The molecule has 2 rings (SSSR count). The normalized spacial score (nSPS) is 29.0. The predicted octanol–water partition coefficient (Wildman–Crippen LogP) is 2.61. The first-order valence-electron chi connectivity index (χ1n) is 7.06. The van der Waals surface area contributed by atoms with Crippen molar-refractivity contribution >= 4 is 5.97 Å². The maximum Gasteiger partial charge on any atom is 0.321 e. The van der Waals surface area contributed by atoms with Gasteiger partial charge in [0.1, 0.15) is 6.04 Å². The van der Waals surface area contributed by atoms with Gasteiger partial charge in [0, 0.05) is 0 Å². The Morgan fingerprint density at radius 2 is 1.82 bits per heavy atom. The van der Waals surface area contributed by atoms with E-state index < -0.39 is 5.97 Å². The lowest BCUT2D eigenvalue weighted by Crippen LogP contribution is -2.43. The summed E-state index contributed by atoms with van der Waals surface area (Å²) < 4.78 is 0. The van der Waals surface area contributed by atoms with Crippen LogP contribution in [-0.4, -0.2) is 35.1 Å². The summed E-state index contributed by atoms with van der Waals surface area (Å²) in [6, 6.07) is -0.194. The van der Waals surface area contributed by atoms with Crippen LogP contribution in [-0.2, 0) is 4.79 Å². The van der Waals surface area contributed by atoms with Crippen LogP contribution < -0.4 is 0 Å². The van der Waals surface area contributed by atoms with Gasteiger partial charge in [0.15, 0.2) is 0 Å². The lowest BCUT2D eigenvalue weighted by Gasteiger charge is -2.27. The third-order valence-electron chi connectivity index (χ3n) is 4.47. The first-order chi connectivity index (χ1) is 8.09. The number of rotatable bonds is 4. The van der Waals surface area contributed by atoms with E-state index in [1.807, 2.05) is 0 Å². The fraction of sp³-hybridized carbons (Fsp3) is 0.929. The zero-order valence-electron chi connectivity index (χ0n) is 11.1. The molecule has 1 heterocycles. The Kier molecular flexibility index (Phi) is 4.08. The van der Waals surface area contributed by atoms with Crippen LogP contribution in [0, 0.1) is 17.8 Å². The molecule has 3 nitrogen and oxygen atoms in total. The molecule has 2 aliphatic rings. The summed E-state index contributed by atoms with van der Waals surface area (Å²) in [5.74, 6) is 1.35. The zero-order chi connectivity index (χ0) is 12.4. The Labute approximate surface area is 104 Å². The molecule has 2 atom stereocenters. The standard InChI is InChI=1S/C14H25NO2/c1-10(2)11-4-3-8-15(9-7-11)13(14(16)17)12-5-6-12/h10-13H,3-9H2,1-2H3,(H,16,17). The van der Waals surface area contributed by atoms with Gasteiger partial charge < -0.3 is 5.11 Å². The lowest BCUT2D eigenvalue weighted by molar-refractivity contribution is -0.144. The van der Waals surface area contributed by atoms with Gasteiger partial charge in [-0.2, -0.15) is 0 Å². The first-order valence-corrected chi connectivity index (χ1v) is 7.06. The van der Waals surface area contributed by atoms with Crippen molar-refractivity contribution in [3.05, 3.63) is 0 Å². The number of carboxylic acid groups (broad SMARTS) is 1. The van der Waals surface area contributed by atoms with Crippen molar-refractivity contribution in [3.8, 4) is 0 Å². The molecule has 0 aromatic heterocycles. The van der Waals surface area contributed by atoms with Gasteiger partial charge in [0.25, 0.3) is 0 Å². The Morgan fingerprint density at radius 1 is 1.12 bits per heavy atom. The van der Waals surface area contributed by atoms with E-state index in [1.165, 1.54) is 19.3 Å². The third kappa shape index (κ3) is 3.21. The van der Waals surface area contributed by atoms with Crippen LogP contribution in [0.25, 0.3) is 0 Å². The topological polar surface area (TPSA) is 40.5 Å². The molecule has 0 spiro atoms. The highest BCUT2D eigenvalue weighted by Gasteiger charge is 2.40. The molecule has 1 aliphatic carbocycles. The van der Waals surface area contributed by atoms with Crippen LogP contribution >= 0.6 is 0 Å². The average Bonchev–Trinajstić information content (AvgIpc) is 3.04. The molecule has 0 amide bonds.